The first-order valence-electron chi connectivity index (χ1n) is 8.84. The molecule has 1 atom stereocenters. The molecule has 1 fully saturated rings. The van der Waals surface area contributed by atoms with Crippen molar-refractivity contribution in [1.29, 1.82) is 0 Å². The number of carbonyl (C=O) groups excluding carboxylic acids is 1. The largest absolute Gasteiger partial charge is 0.358 e. The number of carbonyl (C=O) groups is 1. The first-order valence-corrected chi connectivity index (χ1v) is 9.25. The van der Waals surface area contributed by atoms with Crippen LogP contribution in [-0.4, -0.2) is 40.6 Å². The van der Waals surface area contributed by atoms with Gasteiger partial charge in [0.05, 0.1) is 0 Å². The number of rotatable bonds is 4. The van der Waals surface area contributed by atoms with Gasteiger partial charge in [-0.3, -0.25) is 4.79 Å². The third-order valence-corrected chi connectivity index (χ3v) is 5.36. The van der Waals surface area contributed by atoms with Gasteiger partial charge in [0, 0.05) is 36.8 Å². The fourth-order valence-corrected chi connectivity index (χ4v) is 4.46. The van der Waals surface area contributed by atoms with Gasteiger partial charge in [-0.05, 0) is 63.9 Å². The summed E-state index contributed by atoms with van der Waals surface area (Å²) in [7, 11) is 0. The van der Waals surface area contributed by atoms with Crippen LogP contribution in [-0.2, 0) is 11.2 Å². The molecule has 0 bridgehead atoms. The second-order valence-corrected chi connectivity index (χ2v) is 7.97. The summed E-state index contributed by atoms with van der Waals surface area (Å²) in [6.45, 7) is 8.23. The van der Waals surface area contributed by atoms with E-state index >= 15 is 0 Å². The minimum absolute atomic E-state index is 0.0576. The SMILES string of the molecule is C[C@@H]1CC(C)(C)NC(=S)N1CCCC(=O)N1CCc2ccccc21. The van der Waals surface area contributed by atoms with Gasteiger partial charge in [0.2, 0.25) is 5.91 Å². The Bertz CT molecular complexity index is 643. The van der Waals surface area contributed by atoms with E-state index in [2.05, 4.69) is 37.1 Å². The molecule has 5 heteroatoms. The van der Waals surface area contributed by atoms with Crippen LogP contribution in [0, 0.1) is 0 Å². The Kier molecular flexibility index (Phi) is 4.81. The number of thiocarbonyl (C=S) groups is 1. The molecule has 1 amide bonds. The van der Waals surface area contributed by atoms with E-state index in [0.717, 1.165) is 43.2 Å². The number of anilines is 1. The lowest BCUT2D eigenvalue weighted by Crippen LogP contribution is -2.60. The molecule has 1 aromatic carbocycles. The molecule has 1 aromatic rings. The molecule has 2 aliphatic heterocycles. The lowest BCUT2D eigenvalue weighted by molar-refractivity contribution is -0.118. The van der Waals surface area contributed by atoms with Crippen LogP contribution in [0.2, 0.25) is 0 Å². The number of amides is 1. The fourth-order valence-electron chi connectivity index (χ4n) is 3.92. The van der Waals surface area contributed by atoms with Gasteiger partial charge in [-0.15, -0.1) is 0 Å². The van der Waals surface area contributed by atoms with Crippen molar-refractivity contribution in [3.8, 4) is 0 Å². The van der Waals surface area contributed by atoms with Gasteiger partial charge >= 0.3 is 0 Å². The summed E-state index contributed by atoms with van der Waals surface area (Å²) >= 11 is 5.51. The second kappa shape index (κ2) is 6.71. The highest BCUT2D eigenvalue weighted by atomic mass is 32.1. The predicted molar refractivity (Wildman–Crippen MR) is 102 cm³/mol. The Hall–Kier alpha value is -1.62. The zero-order chi connectivity index (χ0) is 17.3. The van der Waals surface area contributed by atoms with E-state index in [1.807, 2.05) is 23.1 Å². The van der Waals surface area contributed by atoms with Crippen LogP contribution < -0.4 is 10.2 Å². The second-order valence-electron chi connectivity index (χ2n) is 7.59. The van der Waals surface area contributed by atoms with Crippen LogP contribution >= 0.6 is 12.2 Å². The first kappa shape index (κ1) is 17.2. The van der Waals surface area contributed by atoms with E-state index in [9.17, 15) is 4.79 Å². The summed E-state index contributed by atoms with van der Waals surface area (Å²) in [6, 6.07) is 8.63. The maximum absolute atomic E-state index is 12.6. The Morgan fingerprint density at radius 2 is 2.12 bits per heavy atom. The zero-order valence-corrected chi connectivity index (χ0v) is 15.7. The normalized spacial score (nSPS) is 22.3. The molecule has 130 valence electrons. The van der Waals surface area contributed by atoms with Crippen molar-refractivity contribution in [3.63, 3.8) is 0 Å². The molecule has 1 N–H and O–H groups in total. The van der Waals surface area contributed by atoms with Crippen molar-refractivity contribution >= 4 is 28.9 Å². The summed E-state index contributed by atoms with van der Waals surface area (Å²) < 4.78 is 0. The molecule has 0 saturated carbocycles. The standard InChI is InChI=1S/C19H27N3OS/c1-14-13-19(2,3)20-18(24)21(14)11-6-9-17(23)22-12-10-15-7-4-5-8-16(15)22/h4-5,7-8,14H,6,9-13H2,1-3H3,(H,20,24)/t14-/m1/s1. The lowest BCUT2D eigenvalue weighted by Gasteiger charge is -2.44. The molecular weight excluding hydrogens is 318 g/mol. The minimum Gasteiger partial charge on any atom is -0.358 e. The molecule has 0 spiro atoms. The minimum atomic E-state index is 0.0576. The Morgan fingerprint density at radius 1 is 1.38 bits per heavy atom. The van der Waals surface area contributed by atoms with Crippen molar-refractivity contribution < 1.29 is 4.79 Å². The highest BCUT2D eigenvalue weighted by molar-refractivity contribution is 7.80. The molecule has 24 heavy (non-hydrogen) atoms. The van der Waals surface area contributed by atoms with Crippen LogP contribution in [0.1, 0.15) is 45.6 Å². The smallest absolute Gasteiger partial charge is 0.227 e. The number of nitrogens with one attached hydrogen (secondary N) is 1. The van der Waals surface area contributed by atoms with Crippen LogP contribution in [0.5, 0.6) is 0 Å². The van der Waals surface area contributed by atoms with Gasteiger partial charge in [-0.1, -0.05) is 18.2 Å². The molecule has 0 aliphatic carbocycles. The van der Waals surface area contributed by atoms with Crippen molar-refractivity contribution in [3.05, 3.63) is 29.8 Å². The summed E-state index contributed by atoms with van der Waals surface area (Å²) in [6.07, 6.45) is 3.43. The number of fused-ring (bicyclic) bond motifs is 1. The predicted octanol–water partition coefficient (Wildman–Crippen LogP) is 3.10. The average molecular weight is 346 g/mol. The van der Waals surface area contributed by atoms with Crippen LogP contribution in [0.3, 0.4) is 0 Å². The molecule has 0 unspecified atom stereocenters. The highest BCUT2D eigenvalue weighted by Crippen LogP contribution is 2.28. The monoisotopic (exact) mass is 345 g/mol. The van der Waals surface area contributed by atoms with Gasteiger partial charge in [0.1, 0.15) is 0 Å². The summed E-state index contributed by atoms with van der Waals surface area (Å²) in [5, 5.41) is 4.22. The average Bonchev–Trinajstić information content (AvgIpc) is 2.93. The molecule has 4 nitrogen and oxygen atoms in total. The van der Waals surface area contributed by atoms with E-state index in [4.69, 9.17) is 12.2 Å². The van der Waals surface area contributed by atoms with E-state index in [0.29, 0.717) is 12.5 Å². The summed E-state index contributed by atoms with van der Waals surface area (Å²) in [4.78, 5) is 16.7. The number of nitrogens with zero attached hydrogens (tertiary/aromatic N) is 2. The number of hydrogen-bond donors (Lipinski definition) is 1. The fraction of sp³-hybridized carbons (Fsp3) is 0.579. The van der Waals surface area contributed by atoms with Crippen LogP contribution in [0.15, 0.2) is 24.3 Å². The number of hydrogen-bond acceptors (Lipinski definition) is 2. The third kappa shape index (κ3) is 3.56. The molecule has 0 aromatic heterocycles. The van der Waals surface area contributed by atoms with E-state index in [1.54, 1.807) is 0 Å². The topological polar surface area (TPSA) is 35.6 Å². The van der Waals surface area contributed by atoms with Gasteiger partial charge in [0.15, 0.2) is 5.11 Å². The van der Waals surface area contributed by atoms with Crippen molar-refractivity contribution in [2.75, 3.05) is 18.0 Å². The maximum atomic E-state index is 12.6. The van der Waals surface area contributed by atoms with Crippen molar-refractivity contribution in [2.24, 2.45) is 0 Å². The van der Waals surface area contributed by atoms with Crippen LogP contribution in [0.25, 0.3) is 0 Å². The Morgan fingerprint density at radius 3 is 2.88 bits per heavy atom. The quantitative estimate of drug-likeness (QED) is 0.851. The number of benzene rings is 1. The van der Waals surface area contributed by atoms with E-state index < -0.39 is 0 Å². The molecule has 3 rings (SSSR count). The lowest BCUT2D eigenvalue weighted by atomic mass is 9.93. The van der Waals surface area contributed by atoms with Crippen molar-refractivity contribution in [1.82, 2.24) is 10.2 Å². The number of para-hydroxylation sites is 1. The van der Waals surface area contributed by atoms with Crippen LogP contribution in [0.4, 0.5) is 5.69 Å². The van der Waals surface area contributed by atoms with Gasteiger partial charge < -0.3 is 15.1 Å². The van der Waals surface area contributed by atoms with Crippen molar-refractivity contribution in [2.45, 2.75) is 58.0 Å². The van der Waals surface area contributed by atoms with E-state index in [-0.39, 0.29) is 11.4 Å². The van der Waals surface area contributed by atoms with Gasteiger partial charge in [-0.25, -0.2) is 0 Å². The van der Waals surface area contributed by atoms with E-state index in [1.165, 1.54) is 5.56 Å². The van der Waals surface area contributed by atoms with Gasteiger partial charge in [0.25, 0.3) is 0 Å². The molecule has 1 saturated heterocycles. The molecule has 0 radical (unpaired) electrons. The summed E-state index contributed by atoms with van der Waals surface area (Å²) in [5.41, 5.74) is 2.43. The molecule has 2 heterocycles. The molecular formula is C19H27N3OS. The molecule has 2 aliphatic rings. The maximum Gasteiger partial charge on any atom is 0.227 e. The van der Waals surface area contributed by atoms with Gasteiger partial charge in [-0.2, -0.15) is 0 Å². The Labute approximate surface area is 150 Å². The first-order chi connectivity index (χ1) is 11.4. The third-order valence-electron chi connectivity index (χ3n) is 5.02. The zero-order valence-electron chi connectivity index (χ0n) is 14.8. The summed E-state index contributed by atoms with van der Waals surface area (Å²) in [5.74, 6) is 0.226. The Balaban J connectivity index is 1.52. The highest BCUT2D eigenvalue weighted by Gasteiger charge is 2.33.